The predicted molar refractivity (Wildman–Crippen MR) is 170 cm³/mol. The summed E-state index contributed by atoms with van der Waals surface area (Å²) in [4.78, 5) is 29.3. The molecule has 230 valence electrons. The number of nitrogens with one attached hydrogen (secondary N) is 2. The molecule has 4 amide bonds. The molecule has 4 rings (SSSR count). The minimum absolute atomic E-state index is 0.0108. The van der Waals surface area contributed by atoms with Gasteiger partial charge in [0.1, 0.15) is 0 Å². The number of urea groups is 2. The second-order valence-electron chi connectivity index (χ2n) is 12.5. The van der Waals surface area contributed by atoms with Gasteiger partial charge in [-0.1, -0.05) is 60.7 Å². The Hall–Kier alpha value is -3.10. The van der Waals surface area contributed by atoms with E-state index in [0.29, 0.717) is 26.2 Å². The number of benzene rings is 2. The van der Waals surface area contributed by atoms with Crippen LogP contribution in [0, 0.1) is 10.8 Å². The van der Waals surface area contributed by atoms with E-state index in [2.05, 4.69) is 59.2 Å². The molecule has 0 aliphatic carbocycles. The summed E-state index contributed by atoms with van der Waals surface area (Å²) < 4.78 is 0. The van der Waals surface area contributed by atoms with E-state index in [1.807, 2.05) is 21.9 Å². The maximum Gasteiger partial charge on any atom is 0.317 e. The van der Waals surface area contributed by atoms with Crippen molar-refractivity contribution in [2.75, 3.05) is 52.4 Å². The first-order valence-electron chi connectivity index (χ1n) is 16.0. The highest BCUT2D eigenvalue weighted by Gasteiger charge is 2.35. The minimum atomic E-state index is 0.0108. The Balaban J connectivity index is 1.06. The summed E-state index contributed by atoms with van der Waals surface area (Å²) in [6, 6.07) is 21.1. The first kappa shape index (κ1) is 31.8. The number of nitrogens with zero attached hydrogens (tertiary/aromatic N) is 2. The van der Waals surface area contributed by atoms with Gasteiger partial charge in [-0.3, -0.25) is 0 Å². The van der Waals surface area contributed by atoms with Gasteiger partial charge < -0.3 is 31.9 Å². The van der Waals surface area contributed by atoms with Crippen LogP contribution in [0.5, 0.6) is 0 Å². The van der Waals surface area contributed by atoms with Crippen molar-refractivity contribution < 1.29 is 9.59 Å². The van der Waals surface area contributed by atoms with Crippen molar-refractivity contribution in [1.82, 2.24) is 20.4 Å². The highest BCUT2D eigenvalue weighted by Crippen LogP contribution is 2.36. The van der Waals surface area contributed by atoms with E-state index in [-0.39, 0.29) is 22.9 Å². The number of likely N-dealkylation sites (tertiary alicyclic amines) is 2. The summed E-state index contributed by atoms with van der Waals surface area (Å²) in [7, 11) is 0. The largest absolute Gasteiger partial charge is 0.338 e. The summed E-state index contributed by atoms with van der Waals surface area (Å²) in [5, 5.41) is 6.13. The first-order chi connectivity index (χ1) is 20.5. The van der Waals surface area contributed by atoms with Crippen LogP contribution in [0.2, 0.25) is 0 Å². The van der Waals surface area contributed by atoms with E-state index in [4.69, 9.17) is 11.5 Å². The second-order valence-corrected chi connectivity index (χ2v) is 12.5. The van der Waals surface area contributed by atoms with Crippen molar-refractivity contribution in [3.8, 4) is 0 Å². The molecule has 2 heterocycles. The molecule has 8 heteroatoms. The smallest absolute Gasteiger partial charge is 0.317 e. The monoisotopic (exact) mass is 576 g/mol. The zero-order valence-electron chi connectivity index (χ0n) is 25.4. The maximum atomic E-state index is 12.7. The number of piperidine rings is 2. The van der Waals surface area contributed by atoms with Gasteiger partial charge in [-0.15, -0.1) is 0 Å². The lowest BCUT2D eigenvalue weighted by Crippen LogP contribution is -2.50. The highest BCUT2D eigenvalue weighted by molar-refractivity contribution is 5.74. The molecule has 42 heavy (non-hydrogen) atoms. The Morgan fingerprint density at radius 3 is 1.31 bits per heavy atom. The Bertz CT molecular complexity index is 992. The van der Waals surface area contributed by atoms with Gasteiger partial charge in [0.2, 0.25) is 0 Å². The number of unbranched alkanes of at least 4 members (excludes halogenated alkanes) is 1. The van der Waals surface area contributed by atoms with Gasteiger partial charge in [-0.2, -0.15) is 0 Å². The summed E-state index contributed by atoms with van der Waals surface area (Å²) in [6.45, 7) is 5.57. The number of rotatable bonds is 13. The second kappa shape index (κ2) is 15.9. The Kier molecular flexibility index (Phi) is 12.1. The zero-order valence-corrected chi connectivity index (χ0v) is 25.4. The number of nitrogens with two attached hydrogens (primary N) is 2. The van der Waals surface area contributed by atoms with Crippen molar-refractivity contribution in [3.63, 3.8) is 0 Å². The van der Waals surface area contributed by atoms with Crippen LogP contribution in [-0.2, 0) is 12.8 Å². The van der Waals surface area contributed by atoms with E-state index < -0.39 is 0 Å². The van der Waals surface area contributed by atoms with Crippen LogP contribution < -0.4 is 22.1 Å². The number of hydrogen-bond acceptors (Lipinski definition) is 4. The number of hydrogen-bond donors (Lipinski definition) is 4. The predicted octanol–water partition coefficient (Wildman–Crippen LogP) is 4.53. The van der Waals surface area contributed by atoms with Crippen LogP contribution >= 0.6 is 0 Å². The zero-order chi connectivity index (χ0) is 29.7. The molecule has 2 aromatic rings. The molecule has 0 radical (unpaired) electrons. The molecule has 0 spiro atoms. The number of aryl methyl sites for hydroxylation is 2. The molecule has 2 aliphatic heterocycles. The Morgan fingerprint density at radius 2 is 0.976 bits per heavy atom. The quantitative estimate of drug-likeness (QED) is 0.262. The first-order valence-corrected chi connectivity index (χ1v) is 16.0. The topological polar surface area (TPSA) is 117 Å². The van der Waals surface area contributed by atoms with Crippen LogP contribution in [0.15, 0.2) is 60.7 Å². The van der Waals surface area contributed by atoms with Crippen LogP contribution in [-0.4, -0.2) is 74.2 Å². The molecule has 2 fully saturated rings. The Labute approximate surface area is 252 Å². The molecule has 6 N–H and O–H groups in total. The average Bonchev–Trinajstić information content (AvgIpc) is 3.05. The highest BCUT2D eigenvalue weighted by atomic mass is 16.2. The van der Waals surface area contributed by atoms with Crippen LogP contribution in [0.25, 0.3) is 0 Å². The van der Waals surface area contributed by atoms with Gasteiger partial charge in [0, 0.05) is 39.3 Å². The van der Waals surface area contributed by atoms with Crippen LogP contribution in [0.1, 0.15) is 62.5 Å². The molecule has 0 aromatic heterocycles. The SMILES string of the molecule is NCC1(CCc2ccccc2)CCN(C(=O)NCCCCNC(=O)N2CCC(CN)(CCc3ccccc3)CC2)CC1. The Morgan fingerprint density at radius 1 is 0.619 bits per heavy atom. The van der Waals surface area contributed by atoms with Crippen molar-refractivity contribution in [2.45, 2.75) is 64.2 Å². The van der Waals surface area contributed by atoms with E-state index in [1.54, 1.807) is 0 Å². The van der Waals surface area contributed by atoms with Crippen LogP contribution in [0.4, 0.5) is 9.59 Å². The molecule has 2 aromatic carbocycles. The van der Waals surface area contributed by atoms with Gasteiger partial charge in [0.15, 0.2) is 0 Å². The van der Waals surface area contributed by atoms with E-state index >= 15 is 0 Å². The fourth-order valence-corrected chi connectivity index (χ4v) is 6.45. The van der Waals surface area contributed by atoms with Gasteiger partial charge in [-0.05, 0) is 99.3 Å². The molecule has 0 bridgehead atoms. The van der Waals surface area contributed by atoms with Crippen LogP contribution in [0.3, 0.4) is 0 Å². The average molecular weight is 577 g/mol. The number of carbonyl (C=O) groups excluding carboxylic acids is 2. The summed E-state index contributed by atoms with van der Waals surface area (Å²) in [5.74, 6) is 0. The van der Waals surface area contributed by atoms with Gasteiger partial charge in [0.25, 0.3) is 0 Å². The third kappa shape index (κ3) is 9.20. The van der Waals surface area contributed by atoms with Crippen molar-refractivity contribution in [1.29, 1.82) is 0 Å². The number of amides is 4. The van der Waals surface area contributed by atoms with Gasteiger partial charge in [0.05, 0.1) is 0 Å². The lowest BCUT2D eigenvalue weighted by Gasteiger charge is -2.41. The van der Waals surface area contributed by atoms with E-state index in [9.17, 15) is 9.59 Å². The molecule has 2 saturated heterocycles. The van der Waals surface area contributed by atoms with Crippen molar-refractivity contribution in [2.24, 2.45) is 22.3 Å². The molecular weight excluding hydrogens is 524 g/mol. The van der Waals surface area contributed by atoms with Crippen molar-refractivity contribution in [3.05, 3.63) is 71.8 Å². The lowest BCUT2D eigenvalue weighted by molar-refractivity contribution is 0.113. The standard InChI is InChI=1S/C34H52N6O2/c35-27-33(15-13-29-9-3-1-4-10-29)17-23-39(24-18-33)31(41)37-21-7-8-22-38-32(42)40-25-19-34(28-36,20-26-40)16-14-30-11-5-2-6-12-30/h1-6,9-12H,7-8,13-28,35-36H2,(H,37,41)(H,38,42). The van der Waals surface area contributed by atoms with Gasteiger partial charge in [-0.25, -0.2) is 9.59 Å². The summed E-state index contributed by atoms with van der Waals surface area (Å²) >= 11 is 0. The molecule has 0 atom stereocenters. The maximum absolute atomic E-state index is 12.7. The normalized spacial score (nSPS) is 18.0. The fourth-order valence-electron chi connectivity index (χ4n) is 6.45. The van der Waals surface area contributed by atoms with E-state index in [1.165, 1.54) is 11.1 Å². The third-order valence-electron chi connectivity index (χ3n) is 9.82. The lowest BCUT2D eigenvalue weighted by atomic mass is 9.74. The molecule has 0 unspecified atom stereocenters. The molecule has 2 aliphatic rings. The third-order valence-corrected chi connectivity index (χ3v) is 9.82. The summed E-state index contributed by atoms with van der Waals surface area (Å²) in [6.07, 6.45) is 9.65. The van der Waals surface area contributed by atoms with Crippen molar-refractivity contribution >= 4 is 12.1 Å². The molecule has 8 nitrogen and oxygen atoms in total. The minimum Gasteiger partial charge on any atom is -0.338 e. The summed E-state index contributed by atoms with van der Waals surface area (Å²) in [5.41, 5.74) is 15.4. The molecular formula is C34H52N6O2. The number of carbonyl (C=O) groups is 2. The fraction of sp³-hybridized carbons (Fsp3) is 0.588. The van der Waals surface area contributed by atoms with E-state index in [0.717, 1.165) is 90.4 Å². The van der Waals surface area contributed by atoms with Gasteiger partial charge >= 0.3 is 12.1 Å². The molecule has 0 saturated carbocycles.